The number of H-pyrrole nitrogens is 2. The maximum Gasteiger partial charge on any atom is 0.334 e. The van der Waals surface area contributed by atoms with E-state index < -0.39 is 24.5 Å². The number of carbonyl (C=O) groups excluding carboxylic acids is 4. The number of esters is 2. The molecular formula is C36H34N6O8. The molecule has 0 fully saturated rings. The summed E-state index contributed by atoms with van der Waals surface area (Å²) in [6.45, 7) is -0.0448. The van der Waals surface area contributed by atoms with Crippen LogP contribution in [0.5, 0.6) is 11.5 Å². The Bertz CT molecular complexity index is 1850. The molecule has 4 aromatic rings. The number of para-hydroxylation sites is 4. The number of aryl methyl sites for hydroxylation is 2. The first kappa shape index (κ1) is 31.4. The van der Waals surface area contributed by atoms with Crippen molar-refractivity contribution >= 4 is 35.1 Å². The van der Waals surface area contributed by atoms with Crippen LogP contribution in [-0.4, -0.2) is 69.4 Å². The third-order valence-electron chi connectivity index (χ3n) is 9.55. The fourth-order valence-electron chi connectivity index (χ4n) is 7.08. The third-order valence-corrected chi connectivity index (χ3v) is 9.55. The zero-order valence-electron chi connectivity index (χ0n) is 26.9. The van der Waals surface area contributed by atoms with E-state index in [-0.39, 0.29) is 36.7 Å². The molecule has 0 saturated carbocycles. The van der Waals surface area contributed by atoms with Crippen molar-refractivity contribution in [2.24, 2.45) is 11.8 Å². The average Bonchev–Trinajstić information content (AvgIpc) is 3.82. The van der Waals surface area contributed by atoms with Gasteiger partial charge < -0.3 is 38.7 Å². The van der Waals surface area contributed by atoms with Crippen molar-refractivity contribution in [1.82, 2.24) is 19.9 Å². The van der Waals surface area contributed by atoms with E-state index >= 15 is 0 Å². The van der Waals surface area contributed by atoms with Crippen LogP contribution >= 0.6 is 0 Å². The summed E-state index contributed by atoms with van der Waals surface area (Å²) in [4.78, 5) is 71.3. The minimum absolute atomic E-state index is 0.0224. The lowest BCUT2D eigenvalue weighted by atomic mass is 9.88. The summed E-state index contributed by atoms with van der Waals surface area (Å²) in [6, 6.07) is 14.1. The predicted octanol–water partition coefficient (Wildman–Crippen LogP) is 3.19. The van der Waals surface area contributed by atoms with Gasteiger partial charge in [0.25, 0.3) is 12.6 Å². The molecule has 4 atom stereocenters. The smallest absolute Gasteiger partial charge is 0.334 e. The quantitative estimate of drug-likeness (QED) is 0.228. The molecule has 4 unspecified atom stereocenters. The summed E-state index contributed by atoms with van der Waals surface area (Å²) in [6.07, 6.45) is 6.73. The van der Waals surface area contributed by atoms with Crippen LogP contribution in [0.4, 0.5) is 11.4 Å². The second kappa shape index (κ2) is 13.2. The first-order valence-corrected chi connectivity index (χ1v) is 16.7. The molecular weight excluding hydrogens is 644 g/mol. The third kappa shape index (κ3) is 6.19. The van der Waals surface area contributed by atoms with Gasteiger partial charge in [-0.15, -0.1) is 0 Å². The van der Waals surface area contributed by atoms with E-state index in [0.29, 0.717) is 48.6 Å². The number of anilines is 2. The summed E-state index contributed by atoms with van der Waals surface area (Å²) in [5.74, 6) is -1.70. The molecule has 0 spiro atoms. The Morgan fingerprint density at radius 3 is 1.58 bits per heavy atom. The molecule has 4 aliphatic rings. The zero-order valence-corrected chi connectivity index (χ0v) is 26.9. The monoisotopic (exact) mass is 678 g/mol. The van der Waals surface area contributed by atoms with Crippen molar-refractivity contribution in [2.75, 3.05) is 22.9 Å². The number of nitrogens with one attached hydrogen (secondary N) is 2. The molecule has 14 heteroatoms. The number of nitrogens with zero attached hydrogens (tertiary/aromatic N) is 4. The minimum Gasteiger partial charge on any atom is -0.451 e. The van der Waals surface area contributed by atoms with Crippen molar-refractivity contribution in [1.29, 1.82) is 0 Å². The number of carbonyl (C=O) groups is 4. The molecule has 2 amide bonds. The number of fused-ring (bicyclic) bond motifs is 4. The lowest BCUT2D eigenvalue weighted by Crippen LogP contribution is -2.48. The van der Waals surface area contributed by atoms with E-state index in [1.54, 1.807) is 58.9 Å². The van der Waals surface area contributed by atoms with Crippen molar-refractivity contribution < 1.29 is 38.1 Å². The maximum atomic E-state index is 13.7. The van der Waals surface area contributed by atoms with Crippen molar-refractivity contribution in [3.05, 3.63) is 96.1 Å². The molecule has 0 bridgehead atoms. The predicted molar refractivity (Wildman–Crippen MR) is 176 cm³/mol. The maximum absolute atomic E-state index is 13.7. The van der Waals surface area contributed by atoms with Crippen LogP contribution in [-0.2, 0) is 54.3 Å². The second-order valence-corrected chi connectivity index (χ2v) is 12.7. The van der Waals surface area contributed by atoms with E-state index in [1.165, 1.54) is 0 Å². The van der Waals surface area contributed by atoms with Crippen molar-refractivity contribution in [2.45, 2.75) is 51.1 Å². The number of benzene rings is 2. The van der Waals surface area contributed by atoms with Gasteiger partial charge in [-0.25, -0.2) is 19.6 Å². The lowest BCUT2D eigenvalue weighted by Gasteiger charge is -2.36. The Balaban J connectivity index is 0.895. The van der Waals surface area contributed by atoms with Gasteiger partial charge in [-0.2, -0.15) is 0 Å². The van der Waals surface area contributed by atoms with Gasteiger partial charge in [-0.05, 0) is 49.9 Å². The normalized spacial score (nSPS) is 22.2. The molecule has 8 rings (SSSR count). The van der Waals surface area contributed by atoms with E-state index in [0.717, 1.165) is 47.8 Å². The van der Waals surface area contributed by atoms with Crippen LogP contribution in [0.25, 0.3) is 0 Å². The molecule has 2 aliphatic carbocycles. The molecule has 4 heterocycles. The van der Waals surface area contributed by atoms with Gasteiger partial charge in [0.2, 0.25) is 11.8 Å². The first-order valence-electron chi connectivity index (χ1n) is 16.7. The number of ether oxygens (including phenoxy) is 4. The number of imidazole rings is 2. The summed E-state index contributed by atoms with van der Waals surface area (Å²) in [5, 5.41) is 0. The summed E-state index contributed by atoms with van der Waals surface area (Å²) >= 11 is 0. The summed E-state index contributed by atoms with van der Waals surface area (Å²) < 4.78 is 22.9. The fraction of sp³-hybridized carbons (Fsp3) is 0.333. The molecule has 2 aliphatic heterocycles. The Labute approximate surface area is 286 Å². The van der Waals surface area contributed by atoms with Crippen molar-refractivity contribution in [3.63, 3.8) is 0 Å². The Morgan fingerprint density at radius 2 is 1.12 bits per heavy atom. The van der Waals surface area contributed by atoms with Gasteiger partial charge in [0.05, 0.1) is 35.4 Å². The molecule has 2 aromatic carbocycles. The van der Waals surface area contributed by atoms with E-state index in [1.807, 2.05) is 12.1 Å². The van der Waals surface area contributed by atoms with Crippen LogP contribution < -0.4 is 19.3 Å². The van der Waals surface area contributed by atoms with Crippen LogP contribution in [0.15, 0.2) is 73.3 Å². The largest absolute Gasteiger partial charge is 0.451 e. The molecule has 14 nitrogen and oxygen atoms in total. The SMILES string of the molecule is O=C(/C=C/C(=O)OC1CN(C(=O)C2CCc3[nH]cnc3C2)c2ccccc2O1)OC1CN(C(=O)C2CCc3[nH]cnc3C2)c2ccccc2O1. The molecule has 0 radical (unpaired) electrons. The highest BCUT2D eigenvalue weighted by atomic mass is 16.7. The van der Waals surface area contributed by atoms with Gasteiger partial charge in [0.15, 0.2) is 0 Å². The Kier molecular flexibility index (Phi) is 8.26. The first-order chi connectivity index (χ1) is 24.4. The zero-order chi connectivity index (χ0) is 34.2. The Hall–Kier alpha value is -5.92. The standard InChI is InChI=1S/C36H34N6O8/c43-31(49-33-17-41(27-5-1-3-7-29(27)47-33)35(45)21-9-11-23-25(15-21)39-19-37-23)13-14-32(44)50-34-18-42(28-6-2-4-8-30(28)48-34)36(46)22-10-12-24-26(16-22)40-20-38-24/h1-8,13-14,19-22,33-34H,9-12,15-18H2,(H,37,39)(H,38,40)/b14-13+. The number of aromatic amines is 2. The molecule has 0 saturated heterocycles. The molecule has 2 aromatic heterocycles. The molecule has 256 valence electrons. The highest BCUT2D eigenvalue weighted by molar-refractivity contribution is 5.98. The van der Waals surface area contributed by atoms with Gasteiger partial charge in [-0.1, -0.05) is 24.3 Å². The van der Waals surface area contributed by atoms with Crippen LogP contribution in [0, 0.1) is 11.8 Å². The average molecular weight is 679 g/mol. The van der Waals surface area contributed by atoms with Crippen LogP contribution in [0.2, 0.25) is 0 Å². The van der Waals surface area contributed by atoms with Crippen molar-refractivity contribution in [3.8, 4) is 11.5 Å². The number of rotatable bonds is 6. The summed E-state index contributed by atoms with van der Waals surface area (Å²) in [7, 11) is 0. The van der Waals surface area contributed by atoms with E-state index in [4.69, 9.17) is 18.9 Å². The highest BCUT2D eigenvalue weighted by Gasteiger charge is 2.38. The van der Waals surface area contributed by atoms with E-state index in [2.05, 4.69) is 19.9 Å². The fourth-order valence-corrected chi connectivity index (χ4v) is 7.08. The van der Waals surface area contributed by atoms with Gasteiger partial charge in [-0.3, -0.25) is 9.59 Å². The number of hydrogen-bond donors (Lipinski definition) is 2. The summed E-state index contributed by atoms with van der Waals surface area (Å²) in [5.41, 5.74) is 5.05. The van der Waals surface area contributed by atoms with Gasteiger partial charge >= 0.3 is 11.9 Å². The van der Waals surface area contributed by atoms with Crippen LogP contribution in [0.1, 0.15) is 35.6 Å². The van der Waals surface area contributed by atoms with E-state index in [9.17, 15) is 19.2 Å². The molecule has 50 heavy (non-hydrogen) atoms. The minimum atomic E-state index is -1.11. The van der Waals surface area contributed by atoms with Gasteiger partial charge in [0, 0.05) is 48.2 Å². The number of hydrogen-bond acceptors (Lipinski definition) is 10. The number of aromatic nitrogens is 4. The highest BCUT2D eigenvalue weighted by Crippen LogP contribution is 2.37. The van der Waals surface area contributed by atoms with Gasteiger partial charge in [0.1, 0.15) is 24.6 Å². The topological polar surface area (TPSA) is 169 Å². The van der Waals surface area contributed by atoms with Crippen LogP contribution in [0.3, 0.4) is 0 Å². The lowest BCUT2D eigenvalue weighted by molar-refractivity contribution is -0.160. The number of amides is 2. The second-order valence-electron chi connectivity index (χ2n) is 12.7. The molecule has 2 N–H and O–H groups in total. The Morgan fingerprint density at radius 1 is 0.680 bits per heavy atom.